The average molecular weight is 292 g/mol. The molecular weight excluding hydrogens is 268 g/mol. The molecule has 3 rings (SSSR count). The number of aryl methyl sites for hydroxylation is 1. The lowest BCUT2D eigenvalue weighted by molar-refractivity contribution is 0.0599. The minimum absolute atomic E-state index is 0.322. The minimum Gasteiger partial charge on any atom is -0.465 e. The maximum atomic E-state index is 11.7. The summed E-state index contributed by atoms with van der Waals surface area (Å²) in [5, 5.41) is 3.50. The van der Waals surface area contributed by atoms with Crippen LogP contribution in [-0.4, -0.2) is 43.7 Å². The molecule has 3 unspecified atom stereocenters. The summed E-state index contributed by atoms with van der Waals surface area (Å²) in [5.41, 5.74) is 0.543. The molecule has 0 amide bonds. The van der Waals surface area contributed by atoms with Crippen LogP contribution in [-0.2, 0) is 11.3 Å². The van der Waals surface area contributed by atoms with E-state index in [2.05, 4.69) is 17.1 Å². The molecule has 1 aromatic rings. The number of methoxy groups -OCH3 is 1. The number of fused-ring (bicyclic) bond motifs is 1. The summed E-state index contributed by atoms with van der Waals surface area (Å²) in [6.07, 6.45) is 1.16. The monoisotopic (exact) mass is 292 g/mol. The predicted octanol–water partition coefficient (Wildman–Crippen LogP) is 1.80. The second kappa shape index (κ2) is 5.81. The summed E-state index contributed by atoms with van der Waals surface area (Å²) in [7, 11) is 1.40. The fraction of sp³-hybridized carbons (Fsp3) is 0.688. The molecule has 2 aliphatic heterocycles. The Labute approximate surface area is 125 Å². The normalized spacial score (nSPS) is 28.8. The first-order chi connectivity index (χ1) is 10.1. The van der Waals surface area contributed by atoms with Gasteiger partial charge in [0.2, 0.25) is 0 Å². The highest BCUT2D eigenvalue weighted by Crippen LogP contribution is 2.35. The van der Waals surface area contributed by atoms with E-state index in [4.69, 9.17) is 9.15 Å². The van der Waals surface area contributed by atoms with Crippen LogP contribution in [0.3, 0.4) is 0 Å². The number of nitrogens with zero attached hydrogens (tertiary/aromatic N) is 1. The van der Waals surface area contributed by atoms with Gasteiger partial charge in [-0.1, -0.05) is 6.92 Å². The Hall–Kier alpha value is -1.33. The fourth-order valence-electron chi connectivity index (χ4n) is 3.99. The first-order valence-electron chi connectivity index (χ1n) is 7.76. The Morgan fingerprint density at radius 3 is 3.05 bits per heavy atom. The number of carbonyl (C=O) groups excluding carboxylic acids is 1. The fourth-order valence-corrected chi connectivity index (χ4v) is 3.99. The molecule has 0 spiro atoms. The standard InChI is InChI=1S/C16H24N2O3/c1-4-15-14-7-17-6-11(14)8-18(15)9-12-5-13(10(2)21-12)16(19)20-3/h5,11,14-15,17H,4,6-9H2,1-3H3. The van der Waals surface area contributed by atoms with Gasteiger partial charge < -0.3 is 14.5 Å². The smallest absolute Gasteiger partial charge is 0.341 e. The summed E-state index contributed by atoms with van der Waals surface area (Å²) in [5.74, 6) is 2.69. The third-order valence-electron chi connectivity index (χ3n) is 4.98. The van der Waals surface area contributed by atoms with Crippen LogP contribution in [0.1, 0.15) is 35.2 Å². The number of likely N-dealkylation sites (tertiary alicyclic amines) is 1. The van der Waals surface area contributed by atoms with E-state index >= 15 is 0 Å². The number of hydrogen-bond acceptors (Lipinski definition) is 5. The van der Waals surface area contributed by atoms with Crippen molar-refractivity contribution in [3.05, 3.63) is 23.2 Å². The number of rotatable bonds is 4. The van der Waals surface area contributed by atoms with Crippen molar-refractivity contribution < 1.29 is 13.9 Å². The minimum atomic E-state index is -0.322. The molecule has 0 aliphatic carbocycles. The summed E-state index contributed by atoms with van der Waals surface area (Å²) in [6.45, 7) is 8.22. The van der Waals surface area contributed by atoms with Gasteiger partial charge in [0.1, 0.15) is 17.1 Å². The molecule has 0 radical (unpaired) electrons. The molecule has 3 heterocycles. The molecule has 5 heteroatoms. The van der Waals surface area contributed by atoms with Crippen LogP contribution in [0.4, 0.5) is 0 Å². The molecule has 1 N–H and O–H groups in total. The van der Waals surface area contributed by atoms with Crippen LogP contribution >= 0.6 is 0 Å². The average Bonchev–Trinajstić information content (AvgIpc) is 3.12. The molecule has 0 saturated carbocycles. The SMILES string of the molecule is CCC1C2CNCC2CN1Cc1cc(C(=O)OC)c(C)o1. The zero-order chi connectivity index (χ0) is 15.0. The predicted molar refractivity (Wildman–Crippen MR) is 79.1 cm³/mol. The summed E-state index contributed by atoms with van der Waals surface area (Å²) in [6, 6.07) is 2.44. The molecule has 0 bridgehead atoms. The van der Waals surface area contributed by atoms with Crippen molar-refractivity contribution in [1.82, 2.24) is 10.2 Å². The molecule has 116 valence electrons. The van der Waals surface area contributed by atoms with Crippen LogP contribution in [0.25, 0.3) is 0 Å². The number of ether oxygens (including phenoxy) is 1. The number of carbonyl (C=O) groups is 1. The maximum Gasteiger partial charge on any atom is 0.341 e. The van der Waals surface area contributed by atoms with E-state index in [1.54, 1.807) is 0 Å². The topological polar surface area (TPSA) is 54.7 Å². The quantitative estimate of drug-likeness (QED) is 0.858. The third-order valence-corrected chi connectivity index (χ3v) is 4.98. The molecule has 21 heavy (non-hydrogen) atoms. The molecule has 2 saturated heterocycles. The summed E-state index contributed by atoms with van der Waals surface area (Å²) >= 11 is 0. The van der Waals surface area contributed by atoms with E-state index in [1.807, 2.05) is 13.0 Å². The van der Waals surface area contributed by atoms with Gasteiger partial charge in [-0.05, 0) is 44.3 Å². The van der Waals surface area contributed by atoms with Crippen LogP contribution in [0, 0.1) is 18.8 Å². The molecule has 1 aromatic heterocycles. The Morgan fingerprint density at radius 2 is 2.33 bits per heavy atom. The van der Waals surface area contributed by atoms with Gasteiger partial charge in [0.25, 0.3) is 0 Å². The lowest BCUT2D eigenvalue weighted by Crippen LogP contribution is -2.34. The van der Waals surface area contributed by atoms with E-state index in [-0.39, 0.29) is 5.97 Å². The first-order valence-corrected chi connectivity index (χ1v) is 7.76. The van der Waals surface area contributed by atoms with Crippen LogP contribution in [0.2, 0.25) is 0 Å². The van der Waals surface area contributed by atoms with Gasteiger partial charge >= 0.3 is 5.97 Å². The second-order valence-corrected chi connectivity index (χ2v) is 6.16. The van der Waals surface area contributed by atoms with Crippen LogP contribution < -0.4 is 5.32 Å². The lowest BCUT2D eigenvalue weighted by Gasteiger charge is -2.25. The Bertz CT molecular complexity index is 526. The molecule has 2 aliphatic rings. The van der Waals surface area contributed by atoms with Crippen molar-refractivity contribution in [3.63, 3.8) is 0 Å². The zero-order valence-corrected chi connectivity index (χ0v) is 13.0. The van der Waals surface area contributed by atoms with Crippen molar-refractivity contribution in [1.29, 1.82) is 0 Å². The second-order valence-electron chi connectivity index (χ2n) is 6.16. The highest BCUT2D eigenvalue weighted by Gasteiger charge is 2.43. The van der Waals surface area contributed by atoms with Crippen molar-refractivity contribution in [2.24, 2.45) is 11.8 Å². The van der Waals surface area contributed by atoms with Crippen molar-refractivity contribution in [2.75, 3.05) is 26.7 Å². The van der Waals surface area contributed by atoms with Gasteiger partial charge in [-0.3, -0.25) is 4.90 Å². The molecular formula is C16H24N2O3. The Morgan fingerprint density at radius 1 is 1.52 bits per heavy atom. The van der Waals surface area contributed by atoms with E-state index in [9.17, 15) is 4.79 Å². The van der Waals surface area contributed by atoms with Crippen molar-refractivity contribution in [3.8, 4) is 0 Å². The van der Waals surface area contributed by atoms with E-state index in [0.717, 1.165) is 50.2 Å². The first kappa shape index (κ1) is 14.6. The number of esters is 1. The van der Waals surface area contributed by atoms with E-state index in [0.29, 0.717) is 17.4 Å². The summed E-state index contributed by atoms with van der Waals surface area (Å²) < 4.78 is 10.5. The van der Waals surface area contributed by atoms with Gasteiger partial charge in [-0.2, -0.15) is 0 Å². The highest BCUT2D eigenvalue weighted by atomic mass is 16.5. The third kappa shape index (κ3) is 2.60. The van der Waals surface area contributed by atoms with Gasteiger partial charge in [0.05, 0.1) is 13.7 Å². The zero-order valence-electron chi connectivity index (χ0n) is 13.0. The van der Waals surface area contributed by atoms with Gasteiger partial charge in [0, 0.05) is 12.6 Å². The highest BCUT2D eigenvalue weighted by molar-refractivity contribution is 5.90. The lowest BCUT2D eigenvalue weighted by atomic mass is 9.93. The maximum absolute atomic E-state index is 11.7. The van der Waals surface area contributed by atoms with Crippen molar-refractivity contribution >= 4 is 5.97 Å². The Balaban J connectivity index is 1.73. The molecule has 2 fully saturated rings. The number of nitrogens with one attached hydrogen (secondary N) is 1. The number of furan rings is 1. The van der Waals surface area contributed by atoms with E-state index < -0.39 is 0 Å². The van der Waals surface area contributed by atoms with Gasteiger partial charge in [-0.15, -0.1) is 0 Å². The van der Waals surface area contributed by atoms with Crippen LogP contribution in [0.5, 0.6) is 0 Å². The van der Waals surface area contributed by atoms with Crippen molar-refractivity contribution in [2.45, 2.75) is 32.9 Å². The molecule has 5 nitrogen and oxygen atoms in total. The molecule has 3 atom stereocenters. The van der Waals surface area contributed by atoms with Crippen LogP contribution in [0.15, 0.2) is 10.5 Å². The van der Waals surface area contributed by atoms with E-state index in [1.165, 1.54) is 7.11 Å². The molecule has 0 aromatic carbocycles. The van der Waals surface area contributed by atoms with Gasteiger partial charge in [0.15, 0.2) is 0 Å². The van der Waals surface area contributed by atoms with Gasteiger partial charge in [-0.25, -0.2) is 4.79 Å². The Kier molecular flexibility index (Phi) is 4.04. The largest absolute Gasteiger partial charge is 0.465 e. The number of hydrogen-bond donors (Lipinski definition) is 1. The summed E-state index contributed by atoms with van der Waals surface area (Å²) in [4.78, 5) is 14.2.